The Morgan fingerprint density at radius 3 is 2.34 bits per heavy atom. The third-order valence-corrected chi connectivity index (χ3v) is 4.50. The molecule has 2 rings (SSSR count). The number of hydrogen-bond acceptors (Lipinski definition) is 3. The highest BCUT2D eigenvalue weighted by Crippen LogP contribution is 2.25. The molecular weight excluding hydrogens is 364 g/mol. The second-order valence-electron chi connectivity index (χ2n) is 7.82. The Morgan fingerprint density at radius 2 is 1.76 bits per heavy atom. The highest BCUT2D eigenvalue weighted by atomic mass is 16.5. The zero-order chi connectivity index (χ0) is 21.4. The number of carbonyl (C=O) groups is 2. The Labute approximate surface area is 173 Å². The number of amides is 2. The lowest BCUT2D eigenvalue weighted by atomic mass is 9.87. The summed E-state index contributed by atoms with van der Waals surface area (Å²) in [4.78, 5) is 25.1. The van der Waals surface area contributed by atoms with Gasteiger partial charge in [0.25, 0.3) is 11.8 Å². The fraction of sp³-hybridized carbons (Fsp3) is 0.333. The minimum Gasteiger partial charge on any atom is -0.481 e. The minimum absolute atomic E-state index is 0.0515. The van der Waals surface area contributed by atoms with Gasteiger partial charge in [-0.1, -0.05) is 58.0 Å². The molecule has 154 valence electrons. The predicted molar refractivity (Wildman–Crippen MR) is 117 cm³/mol. The molecule has 0 heterocycles. The summed E-state index contributed by atoms with van der Waals surface area (Å²) in [5.41, 5.74) is 2.09. The van der Waals surface area contributed by atoms with Crippen molar-refractivity contribution in [2.75, 3.05) is 11.9 Å². The van der Waals surface area contributed by atoms with Gasteiger partial charge in [0.2, 0.25) is 0 Å². The maximum absolute atomic E-state index is 12.8. The van der Waals surface area contributed by atoms with Crippen molar-refractivity contribution in [1.29, 1.82) is 0 Å². The largest absolute Gasteiger partial charge is 0.481 e. The van der Waals surface area contributed by atoms with E-state index in [1.807, 2.05) is 31.2 Å². The van der Waals surface area contributed by atoms with Crippen molar-refractivity contribution in [3.8, 4) is 5.75 Å². The number of anilines is 1. The van der Waals surface area contributed by atoms with E-state index >= 15 is 0 Å². The summed E-state index contributed by atoms with van der Waals surface area (Å²) < 4.78 is 5.90. The van der Waals surface area contributed by atoms with Crippen molar-refractivity contribution in [2.24, 2.45) is 0 Å². The van der Waals surface area contributed by atoms with Gasteiger partial charge in [0.15, 0.2) is 6.10 Å². The molecule has 0 aromatic heterocycles. The quantitative estimate of drug-likeness (QED) is 0.638. The number of hydrogen-bond donors (Lipinski definition) is 2. The van der Waals surface area contributed by atoms with Gasteiger partial charge in [-0.2, -0.15) is 0 Å². The molecule has 2 N–H and O–H groups in total. The first-order valence-corrected chi connectivity index (χ1v) is 9.82. The van der Waals surface area contributed by atoms with Gasteiger partial charge in [0, 0.05) is 6.54 Å². The minimum atomic E-state index is -0.667. The fourth-order valence-corrected chi connectivity index (χ4v) is 2.78. The molecule has 0 aliphatic rings. The average Bonchev–Trinajstić information content (AvgIpc) is 2.70. The summed E-state index contributed by atoms with van der Waals surface area (Å²) in [7, 11) is 0. The molecule has 29 heavy (non-hydrogen) atoms. The average molecular weight is 395 g/mol. The monoisotopic (exact) mass is 394 g/mol. The molecular formula is C24H30N2O3. The molecule has 0 fully saturated rings. The van der Waals surface area contributed by atoms with Gasteiger partial charge < -0.3 is 15.4 Å². The SMILES string of the molecule is C=CCNC(=O)c1ccccc1NC(=O)C(CC)Oc1ccc(C(C)(C)C)cc1. The van der Waals surface area contributed by atoms with Crippen LogP contribution in [0.3, 0.4) is 0 Å². The Balaban J connectivity index is 2.11. The molecule has 1 unspecified atom stereocenters. The van der Waals surface area contributed by atoms with Crippen molar-refractivity contribution in [2.45, 2.75) is 45.6 Å². The maximum atomic E-state index is 12.8. The van der Waals surface area contributed by atoms with E-state index in [1.54, 1.807) is 30.3 Å². The summed E-state index contributed by atoms with van der Waals surface area (Å²) >= 11 is 0. The second-order valence-corrected chi connectivity index (χ2v) is 7.82. The molecule has 0 aliphatic heterocycles. The van der Waals surface area contributed by atoms with Gasteiger partial charge >= 0.3 is 0 Å². The molecule has 2 aromatic carbocycles. The van der Waals surface area contributed by atoms with E-state index in [9.17, 15) is 9.59 Å². The lowest BCUT2D eigenvalue weighted by Gasteiger charge is -2.21. The summed E-state index contributed by atoms with van der Waals surface area (Å²) in [6.45, 7) is 12.3. The highest BCUT2D eigenvalue weighted by Gasteiger charge is 2.21. The third kappa shape index (κ3) is 6.21. The van der Waals surface area contributed by atoms with Crippen molar-refractivity contribution in [3.63, 3.8) is 0 Å². The van der Waals surface area contributed by atoms with Crippen LogP contribution in [0.1, 0.15) is 50.0 Å². The van der Waals surface area contributed by atoms with E-state index < -0.39 is 6.10 Å². The molecule has 5 heteroatoms. The van der Waals surface area contributed by atoms with E-state index in [1.165, 1.54) is 5.56 Å². The van der Waals surface area contributed by atoms with Crippen LogP contribution in [-0.2, 0) is 10.2 Å². The summed E-state index contributed by atoms with van der Waals surface area (Å²) in [6, 6.07) is 14.7. The molecule has 0 radical (unpaired) electrons. The van der Waals surface area contributed by atoms with Crippen molar-refractivity contribution in [3.05, 3.63) is 72.3 Å². The highest BCUT2D eigenvalue weighted by molar-refractivity contribution is 6.04. The van der Waals surface area contributed by atoms with Crippen LogP contribution in [0.25, 0.3) is 0 Å². The van der Waals surface area contributed by atoms with Crippen LogP contribution in [0.15, 0.2) is 61.2 Å². The van der Waals surface area contributed by atoms with E-state index in [4.69, 9.17) is 4.74 Å². The topological polar surface area (TPSA) is 67.4 Å². The van der Waals surface area contributed by atoms with Gasteiger partial charge in [0.1, 0.15) is 5.75 Å². The molecule has 0 bridgehead atoms. The van der Waals surface area contributed by atoms with Crippen molar-refractivity contribution >= 4 is 17.5 Å². The van der Waals surface area contributed by atoms with Crippen LogP contribution in [0.5, 0.6) is 5.75 Å². The third-order valence-electron chi connectivity index (χ3n) is 4.50. The lowest BCUT2D eigenvalue weighted by molar-refractivity contribution is -0.122. The molecule has 2 aromatic rings. The smallest absolute Gasteiger partial charge is 0.265 e. The van der Waals surface area contributed by atoms with E-state index in [0.717, 1.165) is 0 Å². The van der Waals surface area contributed by atoms with Crippen molar-refractivity contribution < 1.29 is 14.3 Å². The van der Waals surface area contributed by atoms with Gasteiger partial charge in [-0.05, 0) is 41.7 Å². The summed E-state index contributed by atoms with van der Waals surface area (Å²) in [6.07, 6.45) is 1.43. The maximum Gasteiger partial charge on any atom is 0.265 e. The Morgan fingerprint density at radius 1 is 1.10 bits per heavy atom. The molecule has 0 saturated heterocycles. The summed E-state index contributed by atoms with van der Waals surface area (Å²) in [5.74, 6) is 0.0703. The molecule has 2 amide bonds. The first-order valence-electron chi connectivity index (χ1n) is 9.82. The van der Waals surface area contributed by atoms with E-state index in [2.05, 4.69) is 38.0 Å². The van der Waals surface area contributed by atoms with Crippen molar-refractivity contribution in [1.82, 2.24) is 5.32 Å². The number of carbonyl (C=O) groups excluding carboxylic acids is 2. The zero-order valence-electron chi connectivity index (χ0n) is 17.6. The molecule has 1 atom stereocenters. The number of para-hydroxylation sites is 1. The fourth-order valence-electron chi connectivity index (χ4n) is 2.78. The predicted octanol–water partition coefficient (Wildman–Crippen LogP) is 4.70. The Bertz CT molecular complexity index is 851. The van der Waals surface area contributed by atoms with E-state index in [-0.39, 0.29) is 17.2 Å². The number of rotatable bonds is 8. The summed E-state index contributed by atoms with van der Waals surface area (Å²) in [5, 5.41) is 5.55. The Hall–Kier alpha value is -3.08. The first kappa shape index (κ1) is 22.2. The van der Waals surface area contributed by atoms with Gasteiger partial charge in [-0.15, -0.1) is 6.58 Å². The van der Waals surface area contributed by atoms with Crippen LogP contribution in [0.2, 0.25) is 0 Å². The lowest BCUT2D eigenvalue weighted by Crippen LogP contribution is -2.33. The van der Waals surface area contributed by atoms with Gasteiger partial charge in [-0.25, -0.2) is 0 Å². The van der Waals surface area contributed by atoms with Crippen LogP contribution >= 0.6 is 0 Å². The van der Waals surface area contributed by atoms with Crippen LogP contribution in [-0.4, -0.2) is 24.5 Å². The molecule has 0 saturated carbocycles. The molecule has 0 aliphatic carbocycles. The van der Waals surface area contributed by atoms with Gasteiger partial charge in [0.05, 0.1) is 11.3 Å². The van der Waals surface area contributed by atoms with Gasteiger partial charge in [-0.3, -0.25) is 9.59 Å². The second kappa shape index (κ2) is 9.92. The molecule has 5 nitrogen and oxygen atoms in total. The number of nitrogens with one attached hydrogen (secondary N) is 2. The van der Waals surface area contributed by atoms with E-state index in [0.29, 0.717) is 30.0 Å². The number of benzene rings is 2. The van der Waals surface area contributed by atoms with Crippen LogP contribution < -0.4 is 15.4 Å². The Kier molecular flexibility index (Phi) is 7.59. The van der Waals surface area contributed by atoms with Crippen LogP contribution in [0.4, 0.5) is 5.69 Å². The van der Waals surface area contributed by atoms with Crippen LogP contribution in [0, 0.1) is 0 Å². The first-order chi connectivity index (χ1) is 13.8. The molecule has 0 spiro atoms. The normalized spacial score (nSPS) is 12.0. The standard InChI is InChI=1S/C24H30N2O3/c1-6-16-25-22(27)19-10-8-9-11-20(19)26-23(28)21(7-2)29-18-14-12-17(13-15-18)24(3,4)5/h6,8-15,21H,1,7,16H2,2-5H3,(H,25,27)(H,26,28). The zero-order valence-corrected chi connectivity index (χ0v) is 17.6. The number of ether oxygens (including phenoxy) is 1.